The first kappa shape index (κ1) is 22.4. The predicted octanol–water partition coefficient (Wildman–Crippen LogP) is -0.232. The van der Waals surface area contributed by atoms with Gasteiger partial charge in [0.15, 0.2) is 0 Å². The van der Waals surface area contributed by atoms with Gasteiger partial charge in [-0.25, -0.2) is 0 Å². The van der Waals surface area contributed by atoms with E-state index in [-0.39, 0.29) is 17.3 Å². The highest BCUT2D eigenvalue weighted by molar-refractivity contribution is 7.17. The van der Waals surface area contributed by atoms with Gasteiger partial charge in [0, 0.05) is 47.8 Å². The van der Waals surface area contributed by atoms with Crippen molar-refractivity contribution in [3.63, 3.8) is 0 Å². The van der Waals surface area contributed by atoms with Crippen LogP contribution < -0.4 is 0 Å². The fourth-order valence-corrected chi connectivity index (χ4v) is 0. The van der Waals surface area contributed by atoms with Crippen LogP contribution in [0.25, 0.3) is 0 Å². The van der Waals surface area contributed by atoms with Crippen molar-refractivity contribution in [3.05, 3.63) is 0 Å². The predicted molar refractivity (Wildman–Crippen MR) is 57.2 cm³/mol. The van der Waals surface area contributed by atoms with E-state index in [1.54, 1.807) is 0 Å². The van der Waals surface area contributed by atoms with Gasteiger partial charge in [-0.3, -0.25) is 0 Å². The van der Waals surface area contributed by atoms with Crippen LogP contribution >= 0.6 is 0 Å². The van der Waals surface area contributed by atoms with Gasteiger partial charge in [0.05, 0.1) is 0 Å². The molecule has 12 radical (unpaired) electrons. The molecule has 0 N–H and O–H groups in total. The molecule has 0 spiro atoms. The molecule has 0 aromatic carbocycles. The Labute approximate surface area is 75.2 Å². The minimum Gasteiger partial charge on any atom is -0.0776 e. The van der Waals surface area contributed by atoms with Crippen molar-refractivity contribution >= 4 is 46.4 Å². The summed E-state index contributed by atoms with van der Waals surface area (Å²) in [6.07, 6.45) is 4.50. The number of rotatable bonds is 0. The average Bonchev–Trinajstić information content (AvgIpc) is 2.54. The maximum absolute atomic E-state index is 4.50. The van der Waals surface area contributed by atoms with Crippen LogP contribution in [-0.4, -0.2) is 46.4 Å². The molecule has 0 bridgehead atoms. The minimum atomic E-state index is 0. The summed E-state index contributed by atoms with van der Waals surface area (Å²) in [6, 6.07) is 0. The Balaban J connectivity index is -0.0000000147. The van der Waals surface area contributed by atoms with Gasteiger partial charge < -0.3 is 0 Å². The SMILES string of the molecule is C.C1CC1.[3HH].[B].[B][B].[B][B][B]. The molecule has 1 rings (SSSR count). The first-order chi connectivity index (χ1) is 3.91. The van der Waals surface area contributed by atoms with Crippen molar-refractivity contribution in [2.24, 2.45) is 0 Å². The summed E-state index contributed by atoms with van der Waals surface area (Å²) >= 11 is 0. The summed E-state index contributed by atoms with van der Waals surface area (Å²) in [6.45, 7) is 0. The fraction of sp³-hybridized carbons (Fsp3) is 1.00. The summed E-state index contributed by atoms with van der Waals surface area (Å²) in [5, 5.41) is 0. The highest BCUT2D eigenvalue weighted by Gasteiger charge is 1.95. The lowest BCUT2D eigenvalue weighted by molar-refractivity contribution is 1.50. The van der Waals surface area contributed by atoms with Crippen LogP contribution in [0.2, 0.25) is 0 Å². The van der Waals surface area contributed by atoms with Crippen LogP contribution in [-0.2, 0) is 0 Å². The largest absolute Gasteiger partial charge is 0.0776 e. The normalized spacial score (nSPS) is 8.80. The van der Waals surface area contributed by atoms with Gasteiger partial charge in [-0.05, 0) is 0 Å². The molecule has 1 fully saturated rings. The quantitative estimate of drug-likeness (QED) is 0.394. The van der Waals surface area contributed by atoms with Gasteiger partial charge in [0.25, 0.3) is 0 Å². The zero-order chi connectivity index (χ0) is 6.83. The van der Waals surface area contributed by atoms with Crippen molar-refractivity contribution in [1.29, 1.82) is 0 Å². The van der Waals surface area contributed by atoms with E-state index in [0.29, 0.717) is 0 Å². The topological polar surface area (TPSA) is 0 Å². The molecule has 1 aliphatic rings. The summed E-state index contributed by atoms with van der Waals surface area (Å²) in [5.41, 5.74) is 0. The van der Waals surface area contributed by atoms with Crippen LogP contribution in [0.1, 0.15) is 28.1 Å². The van der Waals surface area contributed by atoms with E-state index in [0.717, 1.165) is 7.06 Å². The molecule has 0 aromatic rings. The van der Waals surface area contributed by atoms with Gasteiger partial charge in [-0.1, -0.05) is 26.7 Å². The van der Waals surface area contributed by atoms with Crippen molar-refractivity contribution in [3.8, 4) is 0 Å². The summed E-state index contributed by atoms with van der Waals surface area (Å²) in [5.74, 6) is 0. The number of hydrogen-bond donors (Lipinski definition) is 0. The van der Waals surface area contributed by atoms with Crippen molar-refractivity contribution in [2.75, 3.05) is 0 Å². The molecule has 0 heterocycles. The Morgan fingerprint density at radius 3 is 1.10 bits per heavy atom. The van der Waals surface area contributed by atoms with Crippen molar-refractivity contribution in [2.45, 2.75) is 26.7 Å². The maximum Gasteiger partial charge on any atom is 0 e. The first-order valence-corrected chi connectivity index (χ1v) is 2.50. The Hall–Kier alpha value is 0.390. The average molecular weight is 127 g/mol. The molecule has 0 atom stereocenters. The summed E-state index contributed by atoms with van der Waals surface area (Å²) in [7, 11) is 18.0. The highest BCUT2D eigenvalue weighted by atomic mass is 14.0. The molecular formula is C4H12B6. The Kier molecular flexibility index (Phi) is 77.0. The Morgan fingerprint density at radius 2 is 1.10 bits per heavy atom. The monoisotopic (exact) mass is 128 g/mol. The third-order valence-electron chi connectivity index (χ3n) is 0.354. The molecule has 0 aromatic heterocycles. The standard InChI is InChI=1S/C3H6.CH4.B3.B2.B.H2/c1-2-3-1;;1-3-2;1-2;;/h1-3H2;1H4;;;;1H/i;;;;;1+2. The molecular weight excluding hydrogens is 113 g/mol. The van der Waals surface area contributed by atoms with E-state index in [1.807, 2.05) is 0 Å². The zero-order valence-corrected chi connectivity index (χ0v) is 5.59. The molecule has 0 aliphatic heterocycles. The molecule has 0 saturated heterocycles. The van der Waals surface area contributed by atoms with Crippen LogP contribution in [0.3, 0.4) is 0 Å². The third kappa shape index (κ3) is 237. The van der Waals surface area contributed by atoms with Crippen LogP contribution in [0.4, 0.5) is 0 Å². The van der Waals surface area contributed by atoms with E-state index in [2.05, 4.69) is 30.9 Å². The van der Waals surface area contributed by atoms with Gasteiger partial charge in [-0.2, -0.15) is 0 Å². The lowest BCUT2D eigenvalue weighted by atomic mass is 9.40. The lowest BCUT2D eigenvalue weighted by Gasteiger charge is -1.41. The number of hydrogen-bond acceptors (Lipinski definition) is 0. The van der Waals surface area contributed by atoms with Crippen LogP contribution in [0, 0.1) is 0 Å². The smallest absolute Gasteiger partial charge is 0 e. The van der Waals surface area contributed by atoms with Gasteiger partial charge >= 0.3 is 0 Å². The lowest BCUT2D eigenvalue weighted by Crippen LogP contribution is -1.79. The second kappa shape index (κ2) is 34.3. The second-order valence-corrected chi connectivity index (χ2v) is 1.25. The maximum atomic E-state index is 4.50. The summed E-state index contributed by atoms with van der Waals surface area (Å²) < 4.78 is 0. The summed E-state index contributed by atoms with van der Waals surface area (Å²) in [4.78, 5) is 0. The Morgan fingerprint density at radius 1 is 1.00 bits per heavy atom. The Bertz CT molecular complexity index is 25.8. The third-order valence-corrected chi connectivity index (χ3v) is 0.354. The van der Waals surface area contributed by atoms with E-state index in [9.17, 15) is 0 Å². The second-order valence-electron chi connectivity index (χ2n) is 1.25. The molecule has 1 saturated carbocycles. The first-order valence-electron chi connectivity index (χ1n) is 2.50. The molecule has 0 amide bonds. The molecule has 10 heavy (non-hydrogen) atoms. The van der Waals surface area contributed by atoms with E-state index in [4.69, 9.17) is 0 Å². The van der Waals surface area contributed by atoms with Gasteiger partial charge in [0.2, 0.25) is 0 Å². The minimum absolute atomic E-state index is 0. The van der Waals surface area contributed by atoms with Crippen molar-refractivity contribution < 1.29 is 1.43 Å². The molecule has 0 unspecified atom stereocenters. The van der Waals surface area contributed by atoms with Gasteiger partial charge in [0.1, 0.15) is 0 Å². The van der Waals surface area contributed by atoms with Crippen LogP contribution in [0.5, 0.6) is 0 Å². The van der Waals surface area contributed by atoms with Crippen molar-refractivity contribution in [1.82, 2.24) is 0 Å². The van der Waals surface area contributed by atoms with E-state index in [1.165, 1.54) is 19.3 Å². The van der Waals surface area contributed by atoms with Gasteiger partial charge in [-0.15, -0.1) is 0 Å². The molecule has 46 valence electrons. The zero-order valence-electron chi connectivity index (χ0n) is 5.59. The molecule has 0 nitrogen and oxygen atoms in total. The highest BCUT2D eigenvalue weighted by Crippen LogP contribution is 2.14. The van der Waals surface area contributed by atoms with Crippen LogP contribution in [0.15, 0.2) is 0 Å². The van der Waals surface area contributed by atoms with E-state index < -0.39 is 0 Å². The molecule has 1 aliphatic carbocycles. The fourth-order valence-electron chi connectivity index (χ4n) is 0. The van der Waals surface area contributed by atoms with E-state index >= 15 is 0 Å². The molecule has 6 heteroatoms.